The van der Waals surface area contributed by atoms with E-state index < -0.39 is 0 Å². The summed E-state index contributed by atoms with van der Waals surface area (Å²) < 4.78 is 10.5. The summed E-state index contributed by atoms with van der Waals surface area (Å²) in [5.74, 6) is 0. The average Bonchev–Trinajstić information content (AvgIpc) is 2.47. The molecular weight excluding hydrogens is 258 g/mol. The largest absolute Gasteiger partial charge is 0.450 e. The number of carbonyl (C=O) groups excluding carboxylic acids is 1. The highest BCUT2D eigenvalue weighted by Gasteiger charge is 2.20. The van der Waals surface area contributed by atoms with Crippen molar-refractivity contribution in [2.45, 2.75) is 44.2 Å². The van der Waals surface area contributed by atoms with Crippen LogP contribution in [0, 0.1) is 0 Å². The quantitative estimate of drug-likeness (QED) is 0.727. The van der Waals surface area contributed by atoms with Gasteiger partial charge in [-0.15, -0.1) is 0 Å². The molecule has 0 radical (unpaired) electrons. The molecule has 0 spiro atoms. The fourth-order valence-corrected chi connectivity index (χ4v) is 2.75. The van der Waals surface area contributed by atoms with Gasteiger partial charge in [-0.25, -0.2) is 4.79 Å². The number of nitrogens with zero attached hydrogens (tertiary/aromatic N) is 1. The van der Waals surface area contributed by atoms with Crippen molar-refractivity contribution < 1.29 is 14.3 Å². The molecule has 1 aliphatic carbocycles. The van der Waals surface area contributed by atoms with E-state index in [2.05, 4.69) is 10.2 Å². The predicted octanol–water partition coefficient (Wildman–Crippen LogP) is 0.705. The lowest BCUT2D eigenvalue weighted by atomic mass is 9.92. The van der Waals surface area contributed by atoms with Crippen LogP contribution in [0.4, 0.5) is 4.79 Å². The van der Waals surface area contributed by atoms with Crippen LogP contribution in [0.5, 0.6) is 0 Å². The summed E-state index contributed by atoms with van der Waals surface area (Å²) in [5.41, 5.74) is 5.84. The predicted molar refractivity (Wildman–Crippen MR) is 76.6 cm³/mol. The summed E-state index contributed by atoms with van der Waals surface area (Å²) in [5, 5.41) is 2.93. The molecule has 1 saturated carbocycles. The maximum atomic E-state index is 11.6. The number of amides is 1. The highest BCUT2D eigenvalue weighted by atomic mass is 16.5. The van der Waals surface area contributed by atoms with Gasteiger partial charge in [-0.1, -0.05) is 0 Å². The van der Waals surface area contributed by atoms with E-state index in [0.717, 1.165) is 65.0 Å². The molecule has 0 aromatic rings. The monoisotopic (exact) mass is 285 g/mol. The number of rotatable bonds is 5. The minimum Gasteiger partial charge on any atom is -0.450 e. The first-order valence-electron chi connectivity index (χ1n) is 7.73. The van der Waals surface area contributed by atoms with Crippen molar-refractivity contribution in [3.05, 3.63) is 0 Å². The van der Waals surface area contributed by atoms with E-state index in [1.54, 1.807) is 0 Å². The smallest absolute Gasteiger partial charge is 0.407 e. The molecule has 0 aromatic carbocycles. The zero-order valence-corrected chi connectivity index (χ0v) is 12.2. The number of ether oxygens (including phenoxy) is 2. The van der Waals surface area contributed by atoms with Gasteiger partial charge >= 0.3 is 6.09 Å². The van der Waals surface area contributed by atoms with E-state index in [0.29, 0.717) is 12.6 Å². The molecule has 1 heterocycles. The van der Waals surface area contributed by atoms with Crippen molar-refractivity contribution in [2.75, 3.05) is 39.5 Å². The molecule has 0 aromatic heterocycles. The third kappa shape index (κ3) is 5.64. The lowest BCUT2D eigenvalue weighted by Crippen LogP contribution is -2.41. The van der Waals surface area contributed by atoms with Crippen LogP contribution in [0.1, 0.15) is 32.1 Å². The highest BCUT2D eigenvalue weighted by molar-refractivity contribution is 5.67. The topological polar surface area (TPSA) is 76.8 Å². The minimum absolute atomic E-state index is 0.238. The van der Waals surface area contributed by atoms with E-state index in [1.807, 2.05) is 0 Å². The summed E-state index contributed by atoms with van der Waals surface area (Å²) in [6, 6.07) is 0.541. The Morgan fingerprint density at radius 2 is 1.95 bits per heavy atom. The summed E-state index contributed by atoms with van der Waals surface area (Å²) in [6.45, 7) is 5.03. The number of morpholine rings is 1. The molecule has 2 aliphatic rings. The second kappa shape index (κ2) is 8.44. The molecule has 1 aliphatic heterocycles. The second-order valence-electron chi connectivity index (χ2n) is 5.70. The Morgan fingerprint density at radius 1 is 1.25 bits per heavy atom. The fraction of sp³-hybridized carbons (Fsp3) is 0.929. The number of alkyl carbamates (subject to hydrolysis) is 1. The Balaban J connectivity index is 1.49. The summed E-state index contributed by atoms with van der Waals surface area (Å²) >= 11 is 0. The van der Waals surface area contributed by atoms with Gasteiger partial charge < -0.3 is 20.5 Å². The van der Waals surface area contributed by atoms with E-state index in [-0.39, 0.29) is 12.1 Å². The average molecular weight is 285 g/mol. The van der Waals surface area contributed by atoms with Crippen molar-refractivity contribution in [2.24, 2.45) is 5.73 Å². The van der Waals surface area contributed by atoms with Crippen LogP contribution in [0.15, 0.2) is 0 Å². The number of carbonyl (C=O) groups is 1. The SMILES string of the molecule is NC1CCC(NC(=O)OCCCN2CCOCC2)CC1. The van der Waals surface area contributed by atoms with Crippen molar-refractivity contribution in [3.8, 4) is 0 Å². The summed E-state index contributed by atoms with van der Waals surface area (Å²) in [6.07, 6.45) is 4.49. The number of nitrogens with one attached hydrogen (secondary N) is 1. The maximum Gasteiger partial charge on any atom is 0.407 e. The van der Waals surface area contributed by atoms with Crippen LogP contribution in [0.3, 0.4) is 0 Å². The molecule has 2 fully saturated rings. The molecule has 6 heteroatoms. The van der Waals surface area contributed by atoms with Gasteiger partial charge in [-0.05, 0) is 32.1 Å². The maximum absolute atomic E-state index is 11.6. The van der Waals surface area contributed by atoms with Crippen LogP contribution < -0.4 is 11.1 Å². The Hall–Kier alpha value is -0.850. The molecular formula is C14H27N3O3. The first-order valence-corrected chi connectivity index (χ1v) is 7.73. The van der Waals surface area contributed by atoms with Gasteiger partial charge in [-0.2, -0.15) is 0 Å². The lowest BCUT2D eigenvalue weighted by Gasteiger charge is -2.27. The van der Waals surface area contributed by atoms with Crippen molar-refractivity contribution in [1.82, 2.24) is 10.2 Å². The first-order chi connectivity index (χ1) is 9.74. The second-order valence-corrected chi connectivity index (χ2v) is 5.70. The van der Waals surface area contributed by atoms with Crippen LogP contribution >= 0.6 is 0 Å². The van der Waals surface area contributed by atoms with Gasteiger partial charge in [0.25, 0.3) is 0 Å². The van der Waals surface area contributed by atoms with Crippen LogP contribution in [-0.4, -0.2) is 62.5 Å². The normalized spacial score (nSPS) is 28.1. The van der Waals surface area contributed by atoms with Crippen LogP contribution in [0.25, 0.3) is 0 Å². The summed E-state index contributed by atoms with van der Waals surface area (Å²) in [4.78, 5) is 14.0. The highest BCUT2D eigenvalue weighted by Crippen LogP contribution is 2.16. The molecule has 20 heavy (non-hydrogen) atoms. The van der Waals surface area contributed by atoms with E-state index >= 15 is 0 Å². The van der Waals surface area contributed by atoms with E-state index in [1.165, 1.54) is 0 Å². The van der Waals surface area contributed by atoms with Gasteiger partial charge in [0.05, 0.1) is 19.8 Å². The molecule has 1 saturated heterocycles. The fourth-order valence-electron chi connectivity index (χ4n) is 2.75. The van der Waals surface area contributed by atoms with Crippen molar-refractivity contribution >= 4 is 6.09 Å². The molecule has 0 atom stereocenters. The van der Waals surface area contributed by atoms with Gasteiger partial charge in [0.15, 0.2) is 0 Å². The zero-order valence-electron chi connectivity index (χ0n) is 12.2. The van der Waals surface area contributed by atoms with Crippen molar-refractivity contribution in [1.29, 1.82) is 0 Å². The van der Waals surface area contributed by atoms with Gasteiger partial charge in [-0.3, -0.25) is 4.90 Å². The van der Waals surface area contributed by atoms with Gasteiger partial charge in [0.2, 0.25) is 0 Å². The lowest BCUT2D eigenvalue weighted by molar-refractivity contribution is 0.0344. The number of hydrogen-bond donors (Lipinski definition) is 2. The molecule has 6 nitrogen and oxygen atoms in total. The van der Waals surface area contributed by atoms with E-state index in [4.69, 9.17) is 15.2 Å². The Kier molecular flexibility index (Phi) is 6.56. The van der Waals surface area contributed by atoms with E-state index in [9.17, 15) is 4.79 Å². The van der Waals surface area contributed by atoms with Crippen LogP contribution in [0.2, 0.25) is 0 Å². The van der Waals surface area contributed by atoms with Crippen LogP contribution in [-0.2, 0) is 9.47 Å². The number of hydrogen-bond acceptors (Lipinski definition) is 5. The minimum atomic E-state index is -0.285. The van der Waals surface area contributed by atoms with Gasteiger partial charge in [0, 0.05) is 31.7 Å². The molecule has 116 valence electrons. The molecule has 1 amide bonds. The Labute approximate surface area is 121 Å². The molecule has 0 bridgehead atoms. The Morgan fingerprint density at radius 3 is 2.65 bits per heavy atom. The van der Waals surface area contributed by atoms with Gasteiger partial charge in [0.1, 0.15) is 0 Å². The standard InChI is InChI=1S/C14H27N3O3/c15-12-2-4-13(5-3-12)16-14(18)20-9-1-6-17-7-10-19-11-8-17/h12-13H,1-11,15H2,(H,16,18). The zero-order chi connectivity index (χ0) is 14.2. The Bertz CT molecular complexity index is 287. The molecule has 3 N–H and O–H groups in total. The summed E-state index contributed by atoms with van der Waals surface area (Å²) in [7, 11) is 0. The first kappa shape index (κ1) is 15.5. The molecule has 2 rings (SSSR count). The third-order valence-corrected chi connectivity index (χ3v) is 4.05. The van der Waals surface area contributed by atoms with Crippen molar-refractivity contribution in [3.63, 3.8) is 0 Å². The molecule has 0 unspecified atom stereocenters. The third-order valence-electron chi connectivity index (χ3n) is 4.05. The number of nitrogens with two attached hydrogens (primary N) is 1.